The highest BCUT2D eigenvalue weighted by Gasteiger charge is 2.15. The number of hydrogen-bond donors (Lipinski definition) is 0. The first-order valence-corrected chi connectivity index (χ1v) is 14.4. The van der Waals surface area contributed by atoms with Gasteiger partial charge in [-0.05, 0) is 22.6 Å². The molecule has 0 spiro atoms. The molecule has 3 nitrogen and oxygen atoms in total. The summed E-state index contributed by atoms with van der Waals surface area (Å²) in [4.78, 5) is 14.6. The highest BCUT2D eigenvalue weighted by Crippen LogP contribution is 2.42. The fourth-order valence-corrected chi connectivity index (χ4v) is 6.80. The van der Waals surface area contributed by atoms with Crippen LogP contribution in [0, 0.1) is 0 Å². The van der Waals surface area contributed by atoms with Crippen molar-refractivity contribution >= 4 is 42.3 Å². The van der Waals surface area contributed by atoms with Crippen molar-refractivity contribution in [3.8, 4) is 45.3 Å². The molecule has 8 aromatic rings. The molecule has 0 N–H and O–H groups in total. The Hall–Kier alpha value is -5.19. The molecule has 2 heterocycles. The van der Waals surface area contributed by atoms with Crippen molar-refractivity contribution in [3.05, 3.63) is 140 Å². The Morgan fingerprint density at radius 3 is 1.61 bits per heavy atom. The molecular weight excluding hydrogens is 518 g/mol. The molecule has 0 atom stereocenters. The Balaban J connectivity index is 1.26. The van der Waals surface area contributed by atoms with Crippen LogP contribution in [0.15, 0.2) is 140 Å². The molecule has 0 amide bonds. The summed E-state index contributed by atoms with van der Waals surface area (Å²) >= 11 is 1.87. The fraction of sp³-hybridized carbons (Fsp3) is 0. The second-order valence-electron chi connectivity index (χ2n) is 10.1. The minimum Gasteiger partial charge on any atom is -0.208 e. The minimum atomic E-state index is 0.661. The van der Waals surface area contributed by atoms with Gasteiger partial charge in [-0.2, -0.15) is 0 Å². The summed E-state index contributed by atoms with van der Waals surface area (Å²) in [6.07, 6.45) is 0. The van der Waals surface area contributed by atoms with Crippen LogP contribution in [-0.4, -0.2) is 15.0 Å². The number of thiophene rings is 1. The lowest BCUT2D eigenvalue weighted by molar-refractivity contribution is 1.07. The van der Waals surface area contributed by atoms with Crippen LogP contribution in [0.25, 0.3) is 76.2 Å². The fourth-order valence-electron chi connectivity index (χ4n) is 5.53. The number of hydrogen-bond acceptors (Lipinski definition) is 4. The highest BCUT2D eigenvalue weighted by atomic mass is 32.1. The molecule has 0 saturated carbocycles. The van der Waals surface area contributed by atoms with Gasteiger partial charge in [-0.3, -0.25) is 0 Å². The number of nitrogens with zero attached hydrogens (tertiary/aromatic N) is 3. The maximum Gasteiger partial charge on any atom is 0.164 e. The summed E-state index contributed by atoms with van der Waals surface area (Å²) in [7, 11) is 0. The van der Waals surface area contributed by atoms with Gasteiger partial charge in [-0.15, -0.1) is 11.3 Å². The molecule has 0 fully saturated rings. The molecule has 0 radical (unpaired) electrons. The Morgan fingerprint density at radius 1 is 0.390 bits per heavy atom. The van der Waals surface area contributed by atoms with Crippen LogP contribution >= 0.6 is 11.3 Å². The molecule has 192 valence electrons. The van der Waals surface area contributed by atoms with Crippen LogP contribution in [0.5, 0.6) is 0 Å². The third-order valence-electron chi connectivity index (χ3n) is 7.54. The first kappa shape index (κ1) is 23.7. The lowest BCUT2D eigenvalue weighted by Crippen LogP contribution is -2.00. The molecule has 0 bridgehead atoms. The van der Waals surface area contributed by atoms with E-state index in [9.17, 15) is 0 Å². The van der Waals surface area contributed by atoms with E-state index in [1.54, 1.807) is 0 Å². The van der Waals surface area contributed by atoms with Gasteiger partial charge in [0, 0.05) is 42.2 Å². The molecule has 0 unspecified atom stereocenters. The van der Waals surface area contributed by atoms with Gasteiger partial charge in [-0.1, -0.05) is 133 Å². The van der Waals surface area contributed by atoms with Crippen LogP contribution in [0.2, 0.25) is 0 Å². The molecule has 0 aliphatic heterocycles. The van der Waals surface area contributed by atoms with E-state index in [0.29, 0.717) is 17.5 Å². The van der Waals surface area contributed by atoms with Gasteiger partial charge < -0.3 is 0 Å². The third kappa shape index (κ3) is 4.17. The average molecular weight is 542 g/mol. The van der Waals surface area contributed by atoms with E-state index >= 15 is 0 Å². The number of fused-ring (bicyclic) bond motifs is 5. The maximum atomic E-state index is 4.90. The second-order valence-corrected chi connectivity index (χ2v) is 11.1. The van der Waals surface area contributed by atoms with Gasteiger partial charge in [0.2, 0.25) is 0 Å². The largest absolute Gasteiger partial charge is 0.208 e. The van der Waals surface area contributed by atoms with Crippen LogP contribution in [0.3, 0.4) is 0 Å². The first-order valence-electron chi connectivity index (χ1n) is 13.6. The van der Waals surface area contributed by atoms with Crippen LogP contribution in [0.4, 0.5) is 0 Å². The summed E-state index contributed by atoms with van der Waals surface area (Å²) in [6, 6.07) is 48.6. The molecule has 41 heavy (non-hydrogen) atoms. The van der Waals surface area contributed by atoms with E-state index in [0.717, 1.165) is 16.7 Å². The van der Waals surface area contributed by atoms with Crippen molar-refractivity contribution in [2.24, 2.45) is 0 Å². The van der Waals surface area contributed by atoms with Gasteiger partial charge in [-0.25, -0.2) is 15.0 Å². The van der Waals surface area contributed by atoms with Gasteiger partial charge in [0.05, 0.1) is 0 Å². The molecule has 0 saturated heterocycles. The topological polar surface area (TPSA) is 38.7 Å². The van der Waals surface area contributed by atoms with Crippen molar-refractivity contribution < 1.29 is 0 Å². The molecular formula is C37H23N3S. The standard InChI is InChI=1S/C37H23N3S/c1-3-10-26(11-4-1)35-38-36(27-12-5-2-6-13-27)40-37(39-35)28-20-18-24(19-21-28)29-16-9-14-25-22-23-31-30-15-7-8-17-32(30)41-34(31)33(25)29/h1-23H. The second kappa shape index (κ2) is 9.77. The molecule has 8 rings (SSSR count). The number of benzene rings is 6. The Kier molecular flexibility index (Phi) is 5.64. The van der Waals surface area contributed by atoms with E-state index < -0.39 is 0 Å². The van der Waals surface area contributed by atoms with Crippen molar-refractivity contribution in [2.75, 3.05) is 0 Å². The average Bonchev–Trinajstić information content (AvgIpc) is 3.44. The third-order valence-corrected chi connectivity index (χ3v) is 8.74. The van der Waals surface area contributed by atoms with Crippen molar-refractivity contribution in [1.29, 1.82) is 0 Å². The highest BCUT2D eigenvalue weighted by molar-refractivity contribution is 7.26. The SMILES string of the molecule is c1ccc(-c2nc(-c3ccccc3)nc(-c3ccc(-c4cccc5ccc6c7ccccc7sc6c45)cc3)n2)cc1. The molecule has 0 aliphatic carbocycles. The molecule has 0 aliphatic rings. The lowest BCUT2D eigenvalue weighted by Gasteiger charge is -2.11. The van der Waals surface area contributed by atoms with Crippen molar-refractivity contribution in [3.63, 3.8) is 0 Å². The zero-order chi connectivity index (χ0) is 27.2. The predicted octanol–water partition coefficient (Wildman–Crippen LogP) is 10.1. The quantitative estimate of drug-likeness (QED) is 0.222. The molecule has 4 heteroatoms. The smallest absolute Gasteiger partial charge is 0.164 e. The van der Waals surface area contributed by atoms with E-state index in [1.807, 2.05) is 72.0 Å². The Labute approximate surface area is 241 Å². The zero-order valence-electron chi connectivity index (χ0n) is 22.0. The van der Waals surface area contributed by atoms with Crippen LogP contribution in [-0.2, 0) is 0 Å². The van der Waals surface area contributed by atoms with Crippen LogP contribution < -0.4 is 0 Å². The zero-order valence-corrected chi connectivity index (χ0v) is 22.8. The number of aromatic nitrogens is 3. The Bertz CT molecular complexity index is 2130. The van der Waals surface area contributed by atoms with Crippen molar-refractivity contribution in [1.82, 2.24) is 15.0 Å². The van der Waals surface area contributed by atoms with E-state index in [4.69, 9.17) is 15.0 Å². The monoisotopic (exact) mass is 541 g/mol. The maximum absolute atomic E-state index is 4.90. The van der Waals surface area contributed by atoms with Gasteiger partial charge in [0.1, 0.15) is 0 Å². The minimum absolute atomic E-state index is 0.661. The van der Waals surface area contributed by atoms with E-state index in [1.165, 1.54) is 42.1 Å². The summed E-state index contributed by atoms with van der Waals surface area (Å²) in [6.45, 7) is 0. The normalized spacial score (nSPS) is 11.4. The lowest BCUT2D eigenvalue weighted by atomic mass is 9.96. The van der Waals surface area contributed by atoms with E-state index in [2.05, 4.69) is 78.9 Å². The van der Waals surface area contributed by atoms with E-state index in [-0.39, 0.29) is 0 Å². The van der Waals surface area contributed by atoms with Gasteiger partial charge in [0.15, 0.2) is 17.5 Å². The van der Waals surface area contributed by atoms with Gasteiger partial charge in [0.25, 0.3) is 0 Å². The summed E-state index contributed by atoms with van der Waals surface area (Å²) < 4.78 is 2.65. The predicted molar refractivity (Wildman–Crippen MR) is 172 cm³/mol. The Morgan fingerprint density at radius 2 is 0.951 bits per heavy atom. The summed E-state index contributed by atoms with van der Waals surface area (Å²) in [5.41, 5.74) is 5.29. The van der Waals surface area contributed by atoms with Crippen LogP contribution in [0.1, 0.15) is 0 Å². The molecule has 6 aromatic carbocycles. The van der Waals surface area contributed by atoms with Crippen molar-refractivity contribution in [2.45, 2.75) is 0 Å². The summed E-state index contributed by atoms with van der Waals surface area (Å²) in [5, 5.41) is 5.19. The molecule has 2 aromatic heterocycles. The summed E-state index contributed by atoms with van der Waals surface area (Å²) in [5.74, 6) is 1.99. The number of rotatable bonds is 4. The van der Waals surface area contributed by atoms with Gasteiger partial charge >= 0.3 is 0 Å². The first-order chi connectivity index (χ1) is 20.3.